The summed E-state index contributed by atoms with van der Waals surface area (Å²) in [5.41, 5.74) is 18.2. The number of aliphatic hydroxyl groups is 2. The first kappa shape index (κ1) is 109. The van der Waals surface area contributed by atoms with Crippen LogP contribution in [0.3, 0.4) is 0 Å². The van der Waals surface area contributed by atoms with Crippen molar-refractivity contribution in [3.8, 4) is 0 Å². The first-order valence-corrected chi connectivity index (χ1v) is 41.6. The van der Waals surface area contributed by atoms with E-state index in [4.69, 9.17) is 54.4 Å². The summed E-state index contributed by atoms with van der Waals surface area (Å²) in [7, 11) is 7.35. The molecule has 12 N–H and O–H groups in total. The fraction of sp³-hybridized carbons (Fsp3) is 0.314. The number of likely N-dealkylation sites (N-methyl/N-ethyl adjacent to an activating group) is 2. The number of nitrogens with zero attached hydrogens (tertiary/aromatic N) is 16. The van der Waals surface area contributed by atoms with Gasteiger partial charge in [-0.25, -0.2) is 48.7 Å². The number of nitro groups is 3. The van der Waals surface area contributed by atoms with Crippen molar-refractivity contribution in [3.05, 3.63) is 239 Å². The number of hydrogen-bond donors (Lipinski definition) is 10. The van der Waals surface area contributed by atoms with E-state index in [0.29, 0.717) is 64.9 Å². The number of Topliss-reactive ketones (excluding diaryl/α,β-unsaturated/α-hetero) is 1. The summed E-state index contributed by atoms with van der Waals surface area (Å²) in [6.07, 6.45) is 13.2. The Morgan fingerprint density at radius 1 is 0.496 bits per heavy atom. The second-order valence-corrected chi connectivity index (χ2v) is 29.9. The fourth-order valence-corrected chi connectivity index (χ4v) is 12.6. The molecule has 7 aromatic heterocycles. The number of piperazine rings is 2. The van der Waals surface area contributed by atoms with E-state index in [1.807, 2.05) is 48.6 Å². The maximum atomic E-state index is 15.0. The number of nitrogens with one attached hydrogen (secondary N) is 6. The van der Waals surface area contributed by atoms with Crippen molar-refractivity contribution in [2.45, 2.75) is 52.1 Å². The molecule has 2 atom stereocenters. The number of methoxy groups -OCH3 is 2. The van der Waals surface area contributed by atoms with Gasteiger partial charge in [-0.2, -0.15) is 0 Å². The molecule has 0 radical (unpaired) electrons. The van der Waals surface area contributed by atoms with Crippen molar-refractivity contribution in [1.82, 2.24) is 64.5 Å². The van der Waals surface area contributed by atoms with E-state index in [-0.39, 0.29) is 100 Å². The molecular formula is C86H96Cl2F2N24O23. The Morgan fingerprint density at radius 3 is 1.31 bits per heavy atom. The van der Waals surface area contributed by atoms with Gasteiger partial charge in [-0.1, -0.05) is 36.4 Å². The van der Waals surface area contributed by atoms with E-state index in [9.17, 15) is 82.7 Å². The minimum Gasteiger partial charge on any atom is -0.456 e. The molecule has 0 unspecified atom stereocenters. The molecule has 5 amide bonds. The Kier molecular flexibility index (Phi) is 43.9. The molecule has 9 heterocycles. The van der Waals surface area contributed by atoms with Gasteiger partial charge in [0.2, 0.25) is 23.0 Å². The number of benzene rings is 2. The summed E-state index contributed by atoms with van der Waals surface area (Å²) in [6, 6.07) is 24.6. The van der Waals surface area contributed by atoms with Crippen LogP contribution in [0, 0.1) is 42.0 Å². The van der Waals surface area contributed by atoms with Gasteiger partial charge in [0.1, 0.15) is 78.5 Å². The van der Waals surface area contributed by atoms with Crippen LogP contribution in [0.25, 0.3) is 11.1 Å². The molecule has 0 bridgehead atoms. The van der Waals surface area contributed by atoms with Gasteiger partial charge in [-0.3, -0.25) is 93.1 Å². The van der Waals surface area contributed by atoms with Crippen LogP contribution < -0.4 is 43.4 Å². The van der Waals surface area contributed by atoms with Gasteiger partial charge >= 0.3 is 17.9 Å². The van der Waals surface area contributed by atoms with E-state index >= 15 is 4.39 Å². The van der Waals surface area contributed by atoms with Crippen LogP contribution in [0.2, 0.25) is 5.28 Å². The number of allylic oxidation sites excluding steroid dienone is 2. The van der Waals surface area contributed by atoms with Crippen molar-refractivity contribution in [2.75, 3.05) is 170 Å². The first-order valence-electron chi connectivity index (χ1n) is 40.9. The number of pyridine rings is 5. The number of nitrogen functional groups attached to an aromatic ring is 2. The summed E-state index contributed by atoms with van der Waals surface area (Å²) in [5, 5.41) is 63.5. The second-order valence-electron chi connectivity index (χ2n) is 29.2. The Morgan fingerprint density at radius 2 is 0.927 bits per heavy atom. The van der Waals surface area contributed by atoms with Crippen LogP contribution in [0.5, 0.6) is 0 Å². The number of hydrogen-bond acceptors (Lipinski definition) is 39. The number of esters is 3. The van der Waals surface area contributed by atoms with Gasteiger partial charge in [0.25, 0.3) is 40.0 Å². The zero-order chi connectivity index (χ0) is 100. The number of aliphatic hydroxyl groups excluding tert-OH is 2. The average molecular weight is 1940 g/mol. The van der Waals surface area contributed by atoms with Crippen LogP contribution in [-0.4, -0.2) is 287 Å². The van der Waals surface area contributed by atoms with Crippen molar-refractivity contribution in [3.63, 3.8) is 0 Å². The van der Waals surface area contributed by atoms with E-state index < -0.39 is 99.7 Å². The molecule has 13 rings (SSSR count). The highest BCUT2D eigenvalue weighted by Crippen LogP contribution is 2.39. The topological polar surface area (TPSA) is 640 Å². The van der Waals surface area contributed by atoms with Crippen LogP contribution >= 0.6 is 23.2 Å². The summed E-state index contributed by atoms with van der Waals surface area (Å²) in [5.74, 6) is -3.81. The number of carbonyl (C=O) groups is 10. The van der Waals surface area contributed by atoms with E-state index in [1.165, 1.54) is 69.6 Å². The number of fused-ring (bicyclic) bond motifs is 2. The number of ketones is 1. The number of amides is 5. The average Bonchev–Trinajstić information content (AvgIpc) is 1.64. The highest BCUT2D eigenvalue weighted by molar-refractivity contribution is 6.64. The number of halogens is 4. The monoisotopic (exact) mass is 1940 g/mol. The number of ether oxygens (including phenoxy) is 5. The zero-order valence-corrected chi connectivity index (χ0v) is 76.1. The molecule has 2 aliphatic heterocycles. The largest absolute Gasteiger partial charge is 0.456 e. The van der Waals surface area contributed by atoms with Gasteiger partial charge in [-0.15, -0.1) is 0 Å². The minimum atomic E-state index is -0.666. The van der Waals surface area contributed by atoms with Crippen molar-refractivity contribution >= 4 is 162 Å². The molecule has 2 saturated heterocycles. The minimum absolute atomic E-state index is 0.00945. The predicted octanol–water partition coefficient (Wildman–Crippen LogP) is 5.97. The second kappa shape index (κ2) is 55.4. The number of anilines is 9. The molecule has 0 saturated carbocycles. The van der Waals surface area contributed by atoms with Gasteiger partial charge in [-0.05, 0) is 127 Å². The van der Waals surface area contributed by atoms with E-state index in [0.717, 1.165) is 106 Å². The van der Waals surface area contributed by atoms with Gasteiger partial charge in [0.15, 0.2) is 37.2 Å². The summed E-state index contributed by atoms with van der Waals surface area (Å²) in [6.45, 7) is 8.68. The third-order valence-corrected chi connectivity index (χ3v) is 19.4. The normalized spacial score (nSPS) is 13.3. The quantitative estimate of drug-likeness (QED) is 0.00619. The third kappa shape index (κ3) is 36.5. The van der Waals surface area contributed by atoms with Gasteiger partial charge < -0.3 is 87.1 Å². The number of aromatic nitrogens is 9. The molecule has 2 aromatic carbocycles. The zero-order valence-electron chi connectivity index (χ0n) is 74.6. The molecule has 2 aliphatic carbocycles. The van der Waals surface area contributed by atoms with Crippen molar-refractivity contribution in [1.29, 1.82) is 0 Å². The van der Waals surface area contributed by atoms with Gasteiger partial charge in [0, 0.05) is 134 Å². The van der Waals surface area contributed by atoms with Crippen molar-refractivity contribution in [2.24, 2.45) is 0 Å². The lowest BCUT2D eigenvalue weighted by atomic mass is 10.0. The van der Waals surface area contributed by atoms with E-state index in [2.05, 4.69) is 125 Å². The molecular weight excluding hydrogens is 1850 g/mol. The standard InChI is InChI=1S/C30H34FN7O4.C22H25ClFN5O2.2C9H9N3O5.C7H9N3O2.C5H5N3O2.C4H5ClO3/c1-37-10-12-38(13-11-37)27(18-42-2)29(41)35-26-5-3-4-22-23(26)8-9-24(22)28-25(31)16-33-30(36-28)34-20-7-6-19(32-15-20)14-21(40)17-39;1-28-8-10-29(11-9-28)19(13-31-2)21(30)26-18-5-3-4-14-15(18)6-7-16(14)20-17(24)12-25-22(23)27-20;2*1-6(13)17-5-9(14)11-8-3-2-7(4-10-8)12(15)16;8-5-1-2-6(9-3-5)10-7(12)4-11;6-5-2-1-4(3-7-5)8(9)10;1-3(6)8-2-4(5)7/h3-7,9,15-16,27,39H,8,10-14,17-18H2,1-2H3,(H,35,41)(H,33,34,36);3-5,7,12,19H,6,8-11,13H2,1-2H3,(H,26,30);2*2-4H,5H2,1H3,(H,10,11,14);1-3,11H,4,8H2,(H,9,10,12);1-3H,(H2,6,7);2H2,1H3/t27-;19-;;;;;/m11...../s1. The summed E-state index contributed by atoms with van der Waals surface area (Å²) < 4.78 is 53.2. The molecule has 137 heavy (non-hydrogen) atoms. The van der Waals surface area contributed by atoms with Crippen LogP contribution in [-0.2, 0) is 90.9 Å². The SMILES string of the molecule is CC(=O)OCC(=O)Cl.CC(=O)OCC(=O)Nc1ccc([N+](=O)[O-])cn1.CC(=O)OCC(=O)Nc1ccc([N+](=O)[O-])cn1.COC[C@H](C(=O)Nc1cccc2c1CC=C2c1nc(Cl)ncc1F)N1CCN(C)CC1.COC[C@H](C(=O)Nc1cccc2c1CC=C2c1nc(Nc2ccc(CC(=O)CO)nc2)ncc1F)N1CCN(C)CC1.Nc1ccc(NC(=O)CO)nc1.Nc1ccc([N+](=O)[O-])cn1. The summed E-state index contributed by atoms with van der Waals surface area (Å²) in [4.78, 5) is 185. The first-order chi connectivity index (χ1) is 65.3. The van der Waals surface area contributed by atoms with Crippen LogP contribution in [0.4, 0.5) is 77.8 Å². The molecule has 2 fully saturated rings. The molecule has 9 aromatic rings. The third-order valence-electron chi connectivity index (χ3n) is 19.1. The molecule has 51 heteroatoms. The van der Waals surface area contributed by atoms with E-state index in [1.54, 1.807) is 38.5 Å². The predicted molar refractivity (Wildman–Crippen MR) is 493 cm³/mol. The molecule has 726 valence electrons. The lowest BCUT2D eigenvalue weighted by molar-refractivity contribution is -0.385. The maximum absolute atomic E-state index is 15.0. The smallest absolute Gasteiger partial charge is 0.303 e. The summed E-state index contributed by atoms with van der Waals surface area (Å²) >= 11 is 10.7. The fourth-order valence-electron chi connectivity index (χ4n) is 12.4. The number of nitrogens with two attached hydrogens (primary N) is 2. The van der Waals surface area contributed by atoms with Crippen molar-refractivity contribution < 1.29 is 105 Å². The highest BCUT2D eigenvalue weighted by atomic mass is 35.5. The molecule has 4 aliphatic rings. The lowest BCUT2D eigenvalue weighted by Crippen LogP contribution is -2.54. The maximum Gasteiger partial charge on any atom is 0.303 e. The Hall–Kier alpha value is -15.4. The lowest BCUT2D eigenvalue weighted by Gasteiger charge is -2.36. The number of rotatable bonds is 30. The van der Waals surface area contributed by atoms with Crippen LogP contribution in [0.15, 0.2) is 153 Å². The molecule has 47 nitrogen and oxygen atoms in total. The van der Waals surface area contributed by atoms with Gasteiger partial charge in [0.05, 0.1) is 70.6 Å². The molecule has 0 spiro atoms. The Bertz CT molecular complexity index is 5670. The number of carbonyl (C=O) groups excluding carboxylic acids is 10. The highest BCUT2D eigenvalue weighted by Gasteiger charge is 2.33. The Labute approximate surface area is 789 Å². The van der Waals surface area contributed by atoms with Crippen LogP contribution in [0.1, 0.15) is 60.1 Å². The Balaban J connectivity index is 0.000000235.